The van der Waals surface area contributed by atoms with Gasteiger partial charge >= 0.3 is 115 Å². The second-order valence-electron chi connectivity index (χ2n) is 15.7. The molecule has 0 unspecified atom stereocenters. The fourth-order valence-corrected chi connectivity index (χ4v) is 8.84. The predicted octanol–water partition coefficient (Wildman–Crippen LogP) is 3.02. The number of hydrazone groups is 1. The summed E-state index contributed by atoms with van der Waals surface area (Å²) >= 11 is 23.9. The molecule has 386 valence electrons. The molecular weight excluding hydrogens is 1130 g/mol. The number of hydrogen-bond acceptors (Lipinski definition) is 14. The number of benzene rings is 2. The minimum absolute atomic E-state index is 0. The van der Waals surface area contributed by atoms with E-state index in [2.05, 4.69) is 25.1 Å². The number of hydrogen-bond donors (Lipinski definition) is 0. The average Bonchev–Trinajstić information content (AvgIpc) is 3.85. The Labute approximate surface area is 523 Å². The van der Waals surface area contributed by atoms with E-state index in [0.717, 1.165) is 41.9 Å². The number of pyridine rings is 2. The van der Waals surface area contributed by atoms with Crippen LogP contribution in [0.25, 0.3) is 11.3 Å². The van der Waals surface area contributed by atoms with Gasteiger partial charge in [0.05, 0.1) is 41.3 Å². The zero-order valence-corrected chi connectivity index (χ0v) is 49.7. The van der Waals surface area contributed by atoms with Gasteiger partial charge in [-0.25, -0.2) is 19.7 Å². The molecule has 0 spiro atoms. The summed E-state index contributed by atoms with van der Waals surface area (Å²) in [5.41, 5.74) is 1.46. The number of piperidine rings is 2. The van der Waals surface area contributed by atoms with Crippen molar-refractivity contribution in [1.82, 2.24) is 24.8 Å². The third-order valence-corrected chi connectivity index (χ3v) is 12.0. The average molecular weight is 1180 g/mol. The van der Waals surface area contributed by atoms with E-state index < -0.39 is 33.6 Å². The van der Waals surface area contributed by atoms with Crippen molar-refractivity contribution < 1.29 is 168 Å². The SMILES string of the molecule is CN1N=C(c2cc(Cl)cc(Cl)c2)CC1=O.CS(=O)(=O)OC1CCN(c2ccc(C(F)(F)F)cn2)CC1.Cn1nc(-c2cc(Cl)cc(Cl)c2)cc1OC1CCN(c2ccc(C(F)(F)F)cn2)CC1.O=CO[O-].[H-].[K+].[K+]. The Morgan fingerprint density at radius 3 is 1.49 bits per heavy atom. The van der Waals surface area contributed by atoms with Gasteiger partial charge in [-0.2, -0.15) is 45.0 Å². The second-order valence-corrected chi connectivity index (χ2v) is 19.1. The third kappa shape index (κ3) is 21.0. The van der Waals surface area contributed by atoms with Crippen LogP contribution in [-0.4, -0.2) is 103 Å². The fourth-order valence-electron chi connectivity index (χ4n) is 7.10. The summed E-state index contributed by atoms with van der Waals surface area (Å²) in [4.78, 5) is 34.1. The maximum Gasteiger partial charge on any atom is 1.00 e. The van der Waals surface area contributed by atoms with E-state index in [1.807, 2.05) is 15.9 Å². The first-order chi connectivity index (χ1) is 33.3. The zero-order valence-electron chi connectivity index (χ0n) is 40.6. The van der Waals surface area contributed by atoms with Crippen LogP contribution in [0.4, 0.5) is 38.0 Å². The summed E-state index contributed by atoms with van der Waals surface area (Å²) in [5, 5.41) is 20.5. The van der Waals surface area contributed by atoms with E-state index in [1.165, 1.54) is 17.1 Å². The molecule has 2 saturated heterocycles. The molecule has 16 nitrogen and oxygen atoms in total. The van der Waals surface area contributed by atoms with E-state index in [1.54, 1.807) is 55.2 Å². The van der Waals surface area contributed by atoms with Gasteiger partial charge in [-0.3, -0.25) is 13.8 Å². The van der Waals surface area contributed by atoms with Gasteiger partial charge in [0, 0.05) is 103 Å². The van der Waals surface area contributed by atoms with Crippen LogP contribution in [0.15, 0.2) is 84.2 Å². The number of nitrogens with zero attached hydrogens (tertiary/aromatic N) is 8. The molecule has 2 fully saturated rings. The summed E-state index contributed by atoms with van der Waals surface area (Å²) in [6.07, 6.45) is -3.84. The quantitative estimate of drug-likeness (QED) is 0.0525. The number of aromatic nitrogens is 4. The summed E-state index contributed by atoms with van der Waals surface area (Å²) in [6, 6.07) is 17.0. The van der Waals surface area contributed by atoms with Crippen LogP contribution < -0.4 is 123 Å². The van der Waals surface area contributed by atoms with Crippen molar-refractivity contribution in [2.45, 2.75) is 56.7 Å². The minimum Gasteiger partial charge on any atom is -1.00 e. The first kappa shape index (κ1) is 65.1. The fraction of sp³-hybridized carbons (Fsp3) is 0.364. The number of amides is 1. The number of anilines is 2. The van der Waals surface area contributed by atoms with E-state index in [0.29, 0.717) is 107 Å². The van der Waals surface area contributed by atoms with Gasteiger partial charge in [-0.05, 0) is 73.5 Å². The van der Waals surface area contributed by atoms with Crippen molar-refractivity contribution in [1.29, 1.82) is 0 Å². The number of alkyl halides is 6. The Hall–Kier alpha value is -2.16. The van der Waals surface area contributed by atoms with Crippen molar-refractivity contribution in [2.75, 3.05) is 49.3 Å². The molecule has 0 atom stereocenters. The molecule has 29 heteroatoms. The van der Waals surface area contributed by atoms with Crippen LogP contribution in [0.2, 0.25) is 20.1 Å². The first-order valence-corrected chi connectivity index (χ1v) is 24.3. The molecular formula is C44H44Cl4F6K2N8O8S. The molecule has 3 aromatic heterocycles. The first-order valence-electron chi connectivity index (χ1n) is 21.0. The number of carbonyl (C=O) groups is 2. The molecule has 0 saturated carbocycles. The standard InChI is InChI=1S/C21H19Cl2F3N4O.C12H15F3N2O3S.C10H8Cl2N2O.CH2O3.2K.H/c1-29-20(11-18(28-29)13-8-15(22)10-16(23)9-13)31-17-4-6-30(7-5-17)19-3-2-14(12-27-19)21(24,25)26;1-21(18,19)20-10-4-6-17(7-5-10)11-3-2-9(8-16-11)12(13,14)15;1-14-10(15)5-9(13-14)6-2-7(11)4-8(12)3-6;2-1-4-3;;;/h2-3,8-12,17H,4-7H2,1H3;2-3,8,10H,4-7H2,1H3;2-4H,5H2,1H3;1,3H;;;/q;;;;2*+1;-1/p-1. The van der Waals surface area contributed by atoms with E-state index >= 15 is 0 Å². The van der Waals surface area contributed by atoms with Crippen LogP contribution in [0, 0.1) is 0 Å². The monoisotopic (exact) mass is 1180 g/mol. The molecule has 3 aliphatic rings. The molecule has 3 aliphatic heterocycles. The van der Waals surface area contributed by atoms with Crippen LogP contribution in [0.1, 0.15) is 50.2 Å². The van der Waals surface area contributed by atoms with Crippen LogP contribution in [-0.2, 0) is 48.2 Å². The molecule has 0 N–H and O–H groups in total. The molecule has 73 heavy (non-hydrogen) atoms. The Morgan fingerprint density at radius 2 is 1.14 bits per heavy atom. The number of aryl methyl sites for hydroxylation is 1. The number of carbonyl (C=O) groups excluding carboxylic acids is 2. The largest absolute Gasteiger partial charge is 1.00 e. The van der Waals surface area contributed by atoms with Crippen molar-refractivity contribution in [2.24, 2.45) is 12.1 Å². The Bertz CT molecular complexity index is 2720. The van der Waals surface area contributed by atoms with Gasteiger partial charge in [0.15, 0.2) is 0 Å². The Morgan fingerprint density at radius 1 is 0.712 bits per heavy atom. The summed E-state index contributed by atoms with van der Waals surface area (Å²) in [5.74, 6) is 1.58. The van der Waals surface area contributed by atoms with E-state index in [9.17, 15) is 39.6 Å². The molecule has 1 amide bonds. The summed E-state index contributed by atoms with van der Waals surface area (Å²) < 4.78 is 110. The number of halogens is 10. The number of ether oxygens (including phenoxy) is 1. The van der Waals surface area contributed by atoms with E-state index in [-0.39, 0.29) is 129 Å². The van der Waals surface area contributed by atoms with Crippen LogP contribution in [0.3, 0.4) is 0 Å². The molecule has 0 aliphatic carbocycles. The van der Waals surface area contributed by atoms with Crippen molar-refractivity contribution in [3.63, 3.8) is 0 Å². The Kier molecular flexibility index (Phi) is 26.4. The Balaban J connectivity index is 0.000000380. The summed E-state index contributed by atoms with van der Waals surface area (Å²) in [7, 11) is -0.0627. The number of rotatable bonds is 9. The van der Waals surface area contributed by atoms with Gasteiger partial charge in [0.2, 0.25) is 11.8 Å². The maximum absolute atomic E-state index is 12.7. The van der Waals surface area contributed by atoms with Crippen molar-refractivity contribution in [3.8, 4) is 17.1 Å². The molecule has 8 rings (SSSR count). The third-order valence-electron chi connectivity index (χ3n) is 10.5. The topological polar surface area (TPSA) is 185 Å². The maximum atomic E-state index is 12.7. The van der Waals surface area contributed by atoms with E-state index in [4.69, 9.17) is 65.4 Å². The smallest absolute Gasteiger partial charge is 1.00 e. The predicted molar refractivity (Wildman–Crippen MR) is 253 cm³/mol. The molecule has 0 radical (unpaired) electrons. The van der Waals surface area contributed by atoms with Gasteiger partial charge in [-0.1, -0.05) is 46.4 Å². The van der Waals surface area contributed by atoms with Crippen LogP contribution in [0.5, 0.6) is 5.88 Å². The molecule has 2 aromatic carbocycles. The van der Waals surface area contributed by atoms with Gasteiger partial charge in [0.25, 0.3) is 16.6 Å². The minimum atomic E-state index is -4.40. The second kappa shape index (κ2) is 29.5. The van der Waals surface area contributed by atoms with Crippen molar-refractivity contribution >= 4 is 86.2 Å². The normalized spacial score (nSPS) is 15.2. The van der Waals surface area contributed by atoms with Gasteiger partial charge < -0.3 is 26.1 Å². The van der Waals surface area contributed by atoms with Crippen LogP contribution >= 0.6 is 46.4 Å². The van der Waals surface area contributed by atoms with Gasteiger partial charge in [-0.15, -0.1) is 0 Å². The summed E-state index contributed by atoms with van der Waals surface area (Å²) in [6.45, 7) is 2.06. The van der Waals surface area contributed by atoms with Gasteiger partial charge in [0.1, 0.15) is 17.7 Å². The molecule has 0 bridgehead atoms. The molecule has 6 heterocycles. The zero-order chi connectivity index (χ0) is 52.3. The molecule has 5 aromatic rings. The van der Waals surface area contributed by atoms with Crippen molar-refractivity contribution in [3.05, 3.63) is 116 Å².